The van der Waals surface area contributed by atoms with Gasteiger partial charge in [-0.3, -0.25) is 9.59 Å². The molecule has 10 heteroatoms. The fourth-order valence-electron chi connectivity index (χ4n) is 4.81. The van der Waals surface area contributed by atoms with Gasteiger partial charge in [0.05, 0.1) is 16.8 Å². The first-order chi connectivity index (χ1) is 18.5. The van der Waals surface area contributed by atoms with Crippen molar-refractivity contribution >= 4 is 29.2 Å². The molecule has 5 rings (SSSR count). The molecule has 0 aliphatic carbocycles. The van der Waals surface area contributed by atoms with Gasteiger partial charge in [0.15, 0.2) is 5.82 Å². The zero-order valence-corrected chi connectivity index (χ0v) is 21.7. The van der Waals surface area contributed by atoms with Crippen molar-refractivity contribution in [3.63, 3.8) is 0 Å². The third-order valence-corrected chi connectivity index (χ3v) is 7.22. The number of hydrogen-bond acceptors (Lipinski definition) is 6. The van der Waals surface area contributed by atoms with Crippen molar-refractivity contribution in [2.75, 3.05) is 50.8 Å². The highest BCUT2D eigenvalue weighted by molar-refractivity contribution is 6.33. The Morgan fingerprint density at radius 2 is 1.84 bits per heavy atom. The number of rotatable bonds is 7. The fraction of sp³-hybridized carbons (Fsp3) is 0.357. The molecule has 3 aromatic rings. The maximum Gasteiger partial charge on any atom is 0.254 e. The van der Waals surface area contributed by atoms with Crippen LogP contribution >= 0.6 is 11.6 Å². The summed E-state index contributed by atoms with van der Waals surface area (Å²) in [5.41, 5.74) is 1.74. The number of ether oxygens (including phenoxy) is 1. The Morgan fingerprint density at radius 1 is 1.03 bits per heavy atom. The normalized spacial score (nSPS) is 17.5. The van der Waals surface area contributed by atoms with Crippen molar-refractivity contribution in [1.29, 1.82) is 0 Å². The van der Waals surface area contributed by atoms with Gasteiger partial charge < -0.3 is 19.4 Å². The number of aromatic nitrogens is 2. The van der Waals surface area contributed by atoms with Crippen LogP contribution in [0.25, 0.3) is 11.3 Å². The van der Waals surface area contributed by atoms with Crippen LogP contribution in [0.15, 0.2) is 60.7 Å². The second kappa shape index (κ2) is 11.9. The number of benzene rings is 2. The number of piperazine rings is 1. The standard InChI is InChI=1S/C28H29ClFN5O3/c29-24-9-2-1-8-23(24)25-10-11-26(32-31-25)33-12-14-34(15-13-33)27(36)19-35(18-22-7-4-16-38-22)28(37)20-5-3-6-21(30)17-20/h1-3,5-6,8-11,17,22H,4,7,12-16,18-19H2. The van der Waals surface area contributed by atoms with Crippen molar-refractivity contribution in [3.8, 4) is 11.3 Å². The highest BCUT2D eigenvalue weighted by Gasteiger charge is 2.29. The molecule has 0 spiro atoms. The van der Waals surface area contributed by atoms with Gasteiger partial charge in [0.25, 0.3) is 5.91 Å². The van der Waals surface area contributed by atoms with Gasteiger partial charge >= 0.3 is 0 Å². The molecule has 2 fully saturated rings. The van der Waals surface area contributed by atoms with Gasteiger partial charge in [-0.1, -0.05) is 35.9 Å². The molecule has 38 heavy (non-hydrogen) atoms. The van der Waals surface area contributed by atoms with Gasteiger partial charge in [-0.2, -0.15) is 0 Å². The van der Waals surface area contributed by atoms with Crippen LogP contribution in [0.3, 0.4) is 0 Å². The number of hydrogen-bond donors (Lipinski definition) is 0. The maximum atomic E-state index is 13.8. The summed E-state index contributed by atoms with van der Waals surface area (Å²) in [6, 6.07) is 16.8. The zero-order valence-electron chi connectivity index (χ0n) is 20.9. The van der Waals surface area contributed by atoms with Crippen LogP contribution in [0.2, 0.25) is 5.02 Å². The number of halogens is 2. The molecular formula is C28H29ClFN5O3. The predicted molar refractivity (Wildman–Crippen MR) is 143 cm³/mol. The van der Waals surface area contributed by atoms with E-state index in [9.17, 15) is 14.0 Å². The molecule has 2 aliphatic heterocycles. The van der Waals surface area contributed by atoms with E-state index in [1.165, 1.54) is 23.1 Å². The van der Waals surface area contributed by atoms with Crippen LogP contribution in [-0.2, 0) is 9.53 Å². The molecule has 2 amide bonds. The molecule has 198 valence electrons. The summed E-state index contributed by atoms with van der Waals surface area (Å²) in [6.07, 6.45) is 1.63. The first-order valence-corrected chi connectivity index (χ1v) is 13.1. The van der Waals surface area contributed by atoms with Crippen LogP contribution in [0.4, 0.5) is 10.2 Å². The third-order valence-electron chi connectivity index (χ3n) is 6.89. The maximum absolute atomic E-state index is 13.8. The summed E-state index contributed by atoms with van der Waals surface area (Å²) >= 11 is 6.27. The Balaban J connectivity index is 1.20. The lowest BCUT2D eigenvalue weighted by molar-refractivity contribution is -0.132. The molecule has 1 unspecified atom stereocenters. The minimum Gasteiger partial charge on any atom is -0.376 e. The number of nitrogens with zero attached hydrogens (tertiary/aromatic N) is 5. The number of anilines is 1. The Labute approximate surface area is 226 Å². The Hall–Kier alpha value is -3.56. The van der Waals surface area contributed by atoms with E-state index >= 15 is 0 Å². The zero-order chi connectivity index (χ0) is 26.5. The van der Waals surface area contributed by atoms with Crippen molar-refractivity contribution in [1.82, 2.24) is 20.0 Å². The first kappa shape index (κ1) is 26.1. The van der Waals surface area contributed by atoms with Gasteiger partial charge in [-0.15, -0.1) is 10.2 Å². The van der Waals surface area contributed by atoms with E-state index in [4.69, 9.17) is 16.3 Å². The number of carbonyl (C=O) groups excluding carboxylic acids is 2. The average Bonchev–Trinajstić information content (AvgIpc) is 3.46. The molecule has 0 saturated carbocycles. The van der Waals surface area contributed by atoms with Crippen LogP contribution in [-0.4, -0.2) is 83.8 Å². The second-order valence-corrected chi connectivity index (χ2v) is 9.86. The minimum atomic E-state index is -0.488. The second-order valence-electron chi connectivity index (χ2n) is 9.46. The van der Waals surface area contributed by atoms with Crippen molar-refractivity contribution in [2.45, 2.75) is 18.9 Å². The van der Waals surface area contributed by atoms with Gasteiger partial charge in [0.1, 0.15) is 12.4 Å². The van der Waals surface area contributed by atoms with E-state index in [1.54, 1.807) is 11.0 Å². The summed E-state index contributed by atoms with van der Waals surface area (Å²) in [7, 11) is 0. The first-order valence-electron chi connectivity index (χ1n) is 12.8. The molecule has 2 aliphatic rings. The lowest BCUT2D eigenvalue weighted by Gasteiger charge is -2.36. The van der Waals surface area contributed by atoms with Crippen molar-refractivity contribution in [2.24, 2.45) is 0 Å². The molecule has 0 N–H and O–H groups in total. The molecule has 2 aromatic carbocycles. The van der Waals surface area contributed by atoms with E-state index in [-0.39, 0.29) is 30.0 Å². The highest BCUT2D eigenvalue weighted by atomic mass is 35.5. The fourth-order valence-corrected chi connectivity index (χ4v) is 5.04. The number of carbonyl (C=O) groups is 2. The van der Waals surface area contributed by atoms with E-state index < -0.39 is 5.82 Å². The lowest BCUT2D eigenvalue weighted by atomic mass is 10.1. The quantitative estimate of drug-likeness (QED) is 0.455. The summed E-state index contributed by atoms with van der Waals surface area (Å²) in [4.78, 5) is 31.7. The van der Waals surface area contributed by atoms with E-state index in [0.29, 0.717) is 50.0 Å². The molecule has 0 bridgehead atoms. The van der Waals surface area contributed by atoms with Crippen LogP contribution in [0.1, 0.15) is 23.2 Å². The molecule has 3 heterocycles. The summed E-state index contributed by atoms with van der Waals surface area (Å²) in [5, 5.41) is 9.33. The summed E-state index contributed by atoms with van der Waals surface area (Å²) in [6.45, 7) is 3.04. The van der Waals surface area contributed by atoms with E-state index in [2.05, 4.69) is 15.1 Å². The molecule has 8 nitrogen and oxygen atoms in total. The van der Waals surface area contributed by atoms with Crippen LogP contribution in [0, 0.1) is 5.82 Å². The van der Waals surface area contributed by atoms with Crippen molar-refractivity contribution < 1.29 is 18.7 Å². The molecular weight excluding hydrogens is 509 g/mol. The SMILES string of the molecule is O=C(CN(CC1CCCO1)C(=O)c1cccc(F)c1)N1CCN(c2ccc(-c3ccccc3Cl)nn2)CC1. The van der Waals surface area contributed by atoms with Gasteiger partial charge in [0.2, 0.25) is 5.91 Å². The van der Waals surface area contributed by atoms with Gasteiger partial charge in [-0.05, 0) is 49.2 Å². The Bertz CT molecular complexity index is 1280. The molecule has 0 radical (unpaired) electrons. The van der Waals surface area contributed by atoms with Crippen LogP contribution in [0.5, 0.6) is 0 Å². The molecule has 1 atom stereocenters. The highest BCUT2D eigenvalue weighted by Crippen LogP contribution is 2.26. The largest absolute Gasteiger partial charge is 0.376 e. The monoisotopic (exact) mass is 537 g/mol. The van der Waals surface area contributed by atoms with E-state index in [0.717, 1.165) is 24.2 Å². The number of amides is 2. The smallest absolute Gasteiger partial charge is 0.254 e. The van der Waals surface area contributed by atoms with Crippen molar-refractivity contribution in [3.05, 3.63) is 77.1 Å². The lowest BCUT2D eigenvalue weighted by Crippen LogP contribution is -2.52. The molecule has 1 aromatic heterocycles. The van der Waals surface area contributed by atoms with Gasteiger partial charge in [-0.25, -0.2) is 4.39 Å². The topological polar surface area (TPSA) is 78.9 Å². The Kier molecular flexibility index (Phi) is 8.14. The molecule has 2 saturated heterocycles. The predicted octanol–water partition coefficient (Wildman–Crippen LogP) is 3.91. The van der Waals surface area contributed by atoms with Crippen LogP contribution < -0.4 is 4.90 Å². The third kappa shape index (κ3) is 6.11. The Morgan fingerprint density at radius 3 is 2.53 bits per heavy atom. The van der Waals surface area contributed by atoms with Gasteiger partial charge in [0, 0.05) is 50.5 Å². The summed E-state index contributed by atoms with van der Waals surface area (Å²) in [5.74, 6) is -0.277. The summed E-state index contributed by atoms with van der Waals surface area (Å²) < 4.78 is 19.5. The van der Waals surface area contributed by atoms with E-state index in [1.807, 2.05) is 36.4 Å². The minimum absolute atomic E-state index is 0.0818. The average molecular weight is 538 g/mol.